The monoisotopic (exact) mass is 854 g/mol. The average Bonchev–Trinajstić information content (AvgIpc) is 3.68. The quantitative estimate of drug-likeness (QED) is 0.166. The number of ether oxygens (including phenoxy) is 8. The second-order valence-corrected chi connectivity index (χ2v) is 20.4. The second-order valence-electron chi connectivity index (χ2n) is 20.4. The highest BCUT2D eigenvalue weighted by molar-refractivity contribution is 5.22. The molecule has 0 aromatic rings. The molecule has 16 nitrogen and oxygen atoms in total. The summed E-state index contributed by atoms with van der Waals surface area (Å²) in [7, 11) is 0. The van der Waals surface area contributed by atoms with Crippen molar-refractivity contribution in [2.24, 2.45) is 46.8 Å². The Morgan fingerprint density at radius 2 is 1.37 bits per heavy atom. The molecule has 0 aromatic heterocycles. The largest absolute Gasteiger partial charge is 0.394 e. The average molecular weight is 855 g/mol. The van der Waals surface area contributed by atoms with E-state index in [1.807, 2.05) is 0 Å². The highest BCUT2D eigenvalue weighted by atomic mass is 16.8. The van der Waals surface area contributed by atoms with Crippen molar-refractivity contribution in [3.05, 3.63) is 11.6 Å². The van der Waals surface area contributed by atoms with Gasteiger partial charge in [0.1, 0.15) is 61.0 Å². The van der Waals surface area contributed by atoms with Crippen LogP contribution in [0.3, 0.4) is 0 Å². The molecule has 0 bridgehead atoms. The predicted octanol–water partition coefficient (Wildman–Crippen LogP) is 0.852. The molecule has 9 aliphatic rings. The van der Waals surface area contributed by atoms with Crippen molar-refractivity contribution in [3.63, 3.8) is 0 Å². The van der Waals surface area contributed by atoms with Gasteiger partial charge in [-0.3, -0.25) is 0 Å². The fraction of sp³-hybridized carbons (Fsp3) is 0.955. The van der Waals surface area contributed by atoms with E-state index in [1.54, 1.807) is 0 Å². The Morgan fingerprint density at radius 1 is 0.700 bits per heavy atom. The molecule has 5 saturated heterocycles. The number of fused-ring (bicyclic) bond motifs is 7. The van der Waals surface area contributed by atoms with Crippen molar-refractivity contribution in [1.82, 2.24) is 0 Å². The van der Waals surface area contributed by atoms with E-state index in [0.29, 0.717) is 54.3 Å². The van der Waals surface area contributed by atoms with Gasteiger partial charge in [-0.1, -0.05) is 32.4 Å². The lowest BCUT2D eigenvalue weighted by Gasteiger charge is -2.55. The SMILES string of the molecule is CC1CCC2(OC1)OC1CC3C4CC=C5CC(OC6OC(CO)C(OC7OC(C)C(O)C(O)C7O)C(O)C6OC6OC(C)C(O)C(O)C6O)CCC5C4CCC3(C)C1C2C. The highest BCUT2D eigenvalue weighted by Crippen LogP contribution is 2.69. The van der Waals surface area contributed by atoms with Crippen LogP contribution in [0.1, 0.15) is 92.4 Å². The molecule has 342 valence electrons. The van der Waals surface area contributed by atoms with Crippen LogP contribution in [0.25, 0.3) is 0 Å². The zero-order valence-corrected chi connectivity index (χ0v) is 35.6. The third-order valence-electron chi connectivity index (χ3n) is 17.0. The minimum absolute atomic E-state index is 0.216. The van der Waals surface area contributed by atoms with Crippen molar-refractivity contribution in [1.29, 1.82) is 0 Å². The van der Waals surface area contributed by atoms with Crippen molar-refractivity contribution >= 4 is 0 Å². The van der Waals surface area contributed by atoms with Crippen LogP contribution in [0.2, 0.25) is 0 Å². The molecule has 1 spiro atoms. The Labute approximate surface area is 352 Å². The number of aliphatic hydroxyl groups is 8. The van der Waals surface area contributed by atoms with Gasteiger partial charge < -0.3 is 78.7 Å². The van der Waals surface area contributed by atoms with Crippen molar-refractivity contribution in [3.8, 4) is 0 Å². The third-order valence-corrected chi connectivity index (χ3v) is 17.0. The standard InChI is InChI=1S/C44H70O16/c1-18-10-13-44(53-17-18)19(2)30-28(60-44)15-27-26-8-6-22-14-23(7-9-24(22)25(26)11-12-43(27,30)5)56-42-39(59-41-36(51)34(49)32(47)21(4)55-41)37(52)38(29(16-45)57-42)58-40-35(50)33(48)31(46)20(3)54-40/h6,18-21,23-42,45-52H,7-17H2,1-5H3. The van der Waals surface area contributed by atoms with Gasteiger partial charge in [-0.05, 0) is 106 Å². The maximum atomic E-state index is 12.0. The molecule has 0 aromatic carbocycles. The minimum Gasteiger partial charge on any atom is -0.394 e. The lowest BCUT2D eigenvalue weighted by molar-refractivity contribution is -0.388. The first kappa shape index (κ1) is 44.3. The number of hydrogen-bond acceptors (Lipinski definition) is 16. The third kappa shape index (κ3) is 7.37. The van der Waals surface area contributed by atoms with Gasteiger partial charge in [0.25, 0.3) is 0 Å². The topological polar surface area (TPSA) is 236 Å². The maximum absolute atomic E-state index is 12.0. The smallest absolute Gasteiger partial charge is 0.187 e. The normalized spacial score (nSPS) is 57.9. The molecule has 26 atom stereocenters. The maximum Gasteiger partial charge on any atom is 0.187 e. The predicted molar refractivity (Wildman–Crippen MR) is 208 cm³/mol. The first-order valence-corrected chi connectivity index (χ1v) is 22.9. The Balaban J connectivity index is 0.900. The molecule has 8 N–H and O–H groups in total. The van der Waals surface area contributed by atoms with E-state index in [-0.39, 0.29) is 17.6 Å². The van der Waals surface area contributed by atoms with Crippen molar-refractivity contribution < 1.29 is 78.7 Å². The zero-order valence-electron chi connectivity index (χ0n) is 35.6. The van der Waals surface area contributed by atoms with Gasteiger partial charge in [0.2, 0.25) is 0 Å². The second kappa shape index (κ2) is 16.8. The van der Waals surface area contributed by atoms with Gasteiger partial charge >= 0.3 is 0 Å². The van der Waals surface area contributed by atoms with E-state index in [9.17, 15) is 40.9 Å². The molecular formula is C44H70O16. The number of hydrogen-bond donors (Lipinski definition) is 8. The summed E-state index contributed by atoms with van der Waals surface area (Å²) in [4.78, 5) is 0. The summed E-state index contributed by atoms with van der Waals surface area (Å²) in [6.45, 7) is 10.3. The first-order chi connectivity index (χ1) is 28.5. The van der Waals surface area contributed by atoms with Crippen molar-refractivity contribution in [2.45, 2.75) is 203 Å². The molecule has 9 rings (SSSR count). The minimum atomic E-state index is -1.70. The highest BCUT2D eigenvalue weighted by Gasteiger charge is 2.68. The summed E-state index contributed by atoms with van der Waals surface area (Å²) in [5, 5.41) is 85.7. The molecule has 3 saturated carbocycles. The molecule has 8 fully saturated rings. The van der Waals surface area contributed by atoms with Crippen LogP contribution >= 0.6 is 0 Å². The zero-order chi connectivity index (χ0) is 42.6. The summed E-state index contributed by atoms with van der Waals surface area (Å²) < 4.78 is 50.0. The number of aliphatic hydroxyl groups excluding tert-OH is 8. The van der Waals surface area contributed by atoms with E-state index < -0.39 is 105 Å². The summed E-state index contributed by atoms with van der Waals surface area (Å²) in [6, 6.07) is 0. The van der Waals surface area contributed by atoms with E-state index >= 15 is 0 Å². The number of rotatable bonds is 7. The van der Waals surface area contributed by atoms with Crippen LogP contribution in [0, 0.1) is 46.8 Å². The Bertz CT molecular complexity index is 1540. The Hall–Kier alpha value is -0.900. The van der Waals surface area contributed by atoms with Crippen LogP contribution in [0.4, 0.5) is 0 Å². The fourth-order valence-corrected chi connectivity index (χ4v) is 13.6. The van der Waals surface area contributed by atoms with Gasteiger partial charge in [-0.2, -0.15) is 0 Å². The van der Waals surface area contributed by atoms with Gasteiger partial charge in [0.05, 0.1) is 37.6 Å². The van der Waals surface area contributed by atoms with Crippen LogP contribution in [0.5, 0.6) is 0 Å². The van der Waals surface area contributed by atoms with Gasteiger partial charge in [0.15, 0.2) is 24.7 Å². The van der Waals surface area contributed by atoms with Crippen molar-refractivity contribution in [2.75, 3.05) is 13.2 Å². The molecule has 5 heterocycles. The number of allylic oxidation sites excluding steroid dienone is 1. The van der Waals surface area contributed by atoms with Gasteiger partial charge in [-0.15, -0.1) is 0 Å². The van der Waals surface area contributed by atoms with Crippen LogP contribution in [0.15, 0.2) is 11.6 Å². The molecule has 4 aliphatic carbocycles. The summed E-state index contributed by atoms with van der Waals surface area (Å²) in [5.74, 6) is 3.22. The Kier molecular flexibility index (Phi) is 12.4. The molecule has 60 heavy (non-hydrogen) atoms. The van der Waals surface area contributed by atoms with E-state index in [1.165, 1.54) is 32.3 Å². The molecule has 0 radical (unpaired) electrons. The van der Waals surface area contributed by atoms with E-state index in [4.69, 9.17) is 37.9 Å². The Morgan fingerprint density at radius 3 is 2.00 bits per heavy atom. The van der Waals surface area contributed by atoms with Crippen LogP contribution < -0.4 is 0 Å². The van der Waals surface area contributed by atoms with Gasteiger partial charge in [-0.25, -0.2) is 0 Å². The summed E-state index contributed by atoms with van der Waals surface area (Å²) in [5.41, 5.74) is 1.58. The fourth-order valence-electron chi connectivity index (χ4n) is 13.6. The molecular weight excluding hydrogens is 784 g/mol. The summed E-state index contributed by atoms with van der Waals surface area (Å²) in [6.07, 6.45) is -10.1. The lowest BCUT2D eigenvalue weighted by Crippen LogP contribution is -2.66. The molecule has 16 heteroatoms. The summed E-state index contributed by atoms with van der Waals surface area (Å²) >= 11 is 0. The van der Waals surface area contributed by atoms with Gasteiger partial charge in [0, 0.05) is 12.3 Å². The van der Waals surface area contributed by atoms with E-state index in [0.717, 1.165) is 38.7 Å². The lowest BCUT2D eigenvalue weighted by atomic mass is 9.51. The molecule has 0 amide bonds. The first-order valence-electron chi connectivity index (χ1n) is 22.9. The molecule has 26 unspecified atom stereocenters. The van der Waals surface area contributed by atoms with Crippen LogP contribution in [-0.2, 0) is 37.9 Å². The van der Waals surface area contributed by atoms with E-state index in [2.05, 4.69) is 26.8 Å². The van der Waals surface area contributed by atoms with Crippen LogP contribution in [-0.4, -0.2) is 164 Å². The molecule has 5 aliphatic heterocycles.